The van der Waals surface area contributed by atoms with E-state index in [0.29, 0.717) is 0 Å². The zero-order valence-corrected chi connectivity index (χ0v) is 11.9. The molecule has 0 unspecified atom stereocenters. The predicted octanol–water partition coefficient (Wildman–Crippen LogP) is 1.31. The standard InChI is InChI=1S/C9H17N2.C3H6O3S/c1-3-5-6-11-8-7-10(4-2)9-11;1-2-3-7(4,5)6/h7-9H,3-6H2,1-2H3;2H,1,3H2,(H,4,5,6)/q+1;/p-1. The number of rotatable bonds is 6. The maximum Gasteiger partial charge on any atom is 0.243 e. The third kappa shape index (κ3) is 8.95. The third-order valence-corrected chi connectivity index (χ3v) is 2.85. The molecule has 0 amide bonds. The maximum absolute atomic E-state index is 9.60. The smallest absolute Gasteiger partial charge is 0.243 e. The molecule has 0 atom stereocenters. The van der Waals surface area contributed by atoms with Crippen molar-refractivity contribution in [1.82, 2.24) is 4.57 Å². The second-order valence-corrected chi connectivity index (χ2v) is 5.30. The van der Waals surface area contributed by atoms with E-state index < -0.39 is 15.9 Å². The van der Waals surface area contributed by atoms with Crippen molar-refractivity contribution in [1.29, 1.82) is 0 Å². The Morgan fingerprint density at radius 1 is 1.44 bits per heavy atom. The van der Waals surface area contributed by atoms with E-state index in [1.165, 1.54) is 12.8 Å². The SMILES string of the molecule is C=CCS(=O)(=O)[O-].CCCC[n+]1ccn(CC)c1. The topological polar surface area (TPSA) is 66.0 Å². The van der Waals surface area contributed by atoms with Crippen LogP contribution in [0.1, 0.15) is 26.7 Å². The van der Waals surface area contributed by atoms with E-state index in [9.17, 15) is 13.0 Å². The van der Waals surface area contributed by atoms with Crippen molar-refractivity contribution in [3.63, 3.8) is 0 Å². The van der Waals surface area contributed by atoms with Gasteiger partial charge in [-0.05, 0) is 13.3 Å². The van der Waals surface area contributed by atoms with Gasteiger partial charge in [0.1, 0.15) is 12.4 Å². The second-order valence-electron chi connectivity index (χ2n) is 3.85. The highest BCUT2D eigenvalue weighted by atomic mass is 32.2. The lowest BCUT2D eigenvalue weighted by Gasteiger charge is -1.98. The number of unbranched alkanes of at least 4 members (excludes halogenated alkanes) is 1. The molecule has 0 N–H and O–H groups in total. The summed E-state index contributed by atoms with van der Waals surface area (Å²) in [7, 11) is -4.04. The minimum atomic E-state index is -4.04. The highest BCUT2D eigenvalue weighted by molar-refractivity contribution is 7.85. The third-order valence-electron chi connectivity index (χ3n) is 2.20. The Morgan fingerprint density at radius 3 is 2.44 bits per heavy atom. The molecule has 0 radical (unpaired) electrons. The first kappa shape index (κ1) is 16.9. The van der Waals surface area contributed by atoms with Gasteiger partial charge in [0.25, 0.3) is 0 Å². The molecule has 0 aliphatic heterocycles. The molecule has 0 spiro atoms. The number of aromatic nitrogens is 2. The van der Waals surface area contributed by atoms with E-state index in [2.05, 4.69) is 48.3 Å². The summed E-state index contributed by atoms with van der Waals surface area (Å²) in [6.45, 7) is 9.67. The predicted molar refractivity (Wildman–Crippen MR) is 70.0 cm³/mol. The molecule has 0 saturated carbocycles. The van der Waals surface area contributed by atoms with Gasteiger partial charge in [0, 0.05) is 0 Å². The fourth-order valence-electron chi connectivity index (χ4n) is 1.24. The average molecular weight is 274 g/mol. The molecule has 104 valence electrons. The summed E-state index contributed by atoms with van der Waals surface area (Å²) in [5, 5.41) is 0. The van der Waals surface area contributed by atoms with Crippen molar-refractivity contribution in [3.8, 4) is 0 Å². The van der Waals surface area contributed by atoms with E-state index in [1.54, 1.807) is 0 Å². The van der Waals surface area contributed by atoms with Gasteiger partial charge in [-0.2, -0.15) is 0 Å². The van der Waals surface area contributed by atoms with E-state index >= 15 is 0 Å². The maximum atomic E-state index is 9.60. The van der Waals surface area contributed by atoms with Crippen molar-refractivity contribution in [2.75, 3.05) is 5.75 Å². The first-order valence-corrected chi connectivity index (χ1v) is 7.60. The normalized spacial score (nSPS) is 10.6. The number of nitrogens with zero attached hydrogens (tertiary/aromatic N) is 2. The Hall–Kier alpha value is -1.14. The molecule has 18 heavy (non-hydrogen) atoms. The first-order chi connectivity index (χ1) is 8.42. The van der Waals surface area contributed by atoms with Crippen LogP contribution >= 0.6 is 0 Å². The molecule has 6 heteroatoms. The lowest BCUT2D eigenvalue weighted by molar-refractivity contribution is -0.696. The van der Waals surface area contributed by atoms with Crippen molar-refractivity contribution < 1.29 is 17.5 Å². The Morgan fingerprint density at radius 2 is 2.11 bits per heavy atom. The van der Waals surface area contributed by atoms with Gasteiger partial charge in [-0.1, -0.05) is 19.4 Å². The van der Waals surface area contributed by atoms with Crippen LogP contribution in [0.3, 0.4) is 0 Å². The Balaban J connectivity index is 0.000000360. The molecule has 1 heterocycles. The van der Waals surface area contributed by atoms with Crippen LogP contribution in [0.2, 0.25) is 0 Å². The van der Waals surface area contributed by atoms with Crippen LogP contribution in [-0.2, 0) is 23.2 Å². The Labute approximate surface area is 110 Å². The summed E-state index contributed by atoms with van der Waals surface area (Å²) >= 11 is 0. The van der Waals surface area contributed by atoms with Crippen molar-refractivity contribution in [2.45, 2.75) is 39.8 Å². The summed E-state index contributed by atoms with van der Waals surface area (Å²) in [4.78, 5) is 0. The van der Waals surface area contributed by atoms with E-state index in [0.717, 1.165) is 19.2 Å². The van der Waals surface area contributed by atoms with E-state index in [-0.39, 0.29) is 0 Å². The minimum absolute atomic E-state index is 0.479. The fourth-order valence-corrected chi connectivity index (χ4v) is 1.53. The molecule has 0 fully saturated rings. The van der Waals surface area contributed by atoms with Gasteiger partial charge in [-0.25, -0.2) is 17.6 Å². The van der Waals surface area contributed by atoms with Crippen molar-refractivity contribution in [3.05, 3.63) is 31.4 Å². The lowest BCUT2D eigenvalue weighted by atomic mass is 10.3. The van der Waals surface area contributed by atoms with Crippen LogP contribution in [0, 0.1) is 0 Å². The van der Waals surface area contributed by atoms with Crippen LogP contribution in [0.25, 0.3) is 0 Å². The van der Waals surface area contributed by atoms with Crippen LogP contribution in [0.4, 0.5) is 0 Å². The molecule has 5 nitrogen and oxygen atoms in total. The average Bonchev–Trinajstić information content (AvgIpc) is 2.73. The zero-order chi connectivity index (χ0) is 14.0. The van der Waals surface area contributed by atoms with Gasteiger partial charge in [-0.3, -0.25) is 0 Å². The summed E-state index contributed by atoms with van der Waals surface area (Å²) < 4.78 is 33.2. The van der Waals surface area contributed by atoms with E-state index in [1.807, 2.05) is 0 Å². The Bertz CT molecular complexity index is 438. The summed E-state index contributed by atoms with van der Waals surface area (Å²) in [5.74, 6) is -0.479. The van der Waals surface area contributed by atoms with Gasteiger partial charge in [0.15, 0.2) is 0 Å². The van der Waals surface area contributed by atoms with E-state index in [4.69, 9.17) is 0 Å². The highest BCUT2D eigenvalue weighted by Gasteiger charge is 1.99. The molecule has 0 bridgehead atoms. The molecule has 1 aromatic heterocycles. The summed E-state index contributed by atoms with van der Waals surface area (Å²) in [6.07, 6.45) is 10.0. The van der Waals surface area contributed by atoms with Crippen LogP contribution in [0.15, 0.2) is 31.4 Å². The minimum Gasteiger partial charge on any atom is -0.748 e. The fraction of sp³-hybridized carbons (Fsp3) is 0.583. The molecule has 1 aromatic rings. The monoisotopic (exact) mass is 274 g/mol. The van der Waals surface area contributed by atoms with Crippen molar-refractivity contribution in [2.24, 2.45) is 0 Å². The quantitative estimate of drug-likeness (QED) is 0.446. The molecular formula is C12H22N2O3S. The van der Waals surface area contributed by atoms with Crippen LogP contribution in [0.5, 0.6) is 0 Å². The number of aryl methyl sites for hydroxylation is 2. The number of hydrogen-bond acceptors (Lipinski definition) is 3. The van der Waals surface area contributed by atoms with Gasteiger partial charge in [0.2, 0.25) is 6.33 Å². The van der Waals surface area contributed by atoms with Gasteiger partial charge in [-0.15, -0.1) is 6.58 Å². The molecule has 0 aromatic carbocycles. The summed E-state index contributed by atoms with van der Waals surface area (Å²) in [5.41, 5.74) is 0. The number of hydrogen-bond donors (Lipinski definition) is 0. The Kier molecular flexibility index (Phi) is 8.32. The summed E-state index contributed by atoms with van der Waals surface area (Å²) in [6, 6.07) is 0. The lowest BCUT2D eigenvalue weighted by Crippen LogP contribution is -2.30. The number of imidazole rings is 1. The molecule has 0 aliphatic rings. The van der Waals surface area contributed by atoms with Gasteiger partial charge in [0.05, 0.1) is 29.0 Å². The van der Waals surface area contributed by atoms with Crippen LogP contribution in [-0.4, -0.2) is 23.3 Å². The largest absolute Gasteiger partial charge is 0.748 e. The zero-order valence-electron chi connectivity index (χ0n) is 11.1. The van der Waals surface area contributed by atoms with Gasteiger partial charge >= 0.3 is 0 Å². The van der Waals surface area contributed by atoms with Crippen molar-refractivity contribution >= 4 is 10.1 Å². The molecule has 0 saturated heterocycles. The molecule has 0 aliphatic carbocycles. The highest BCUT2D eigenvalue weighted by Crippen LogP contribution is 1.87. The second kappa shape index (κ2) is 8.88. The molecule has 1 rings (SSSR count). The molecular weight excluding hydrogens is 252 g/mol. The van der Waals surface area contributed by atoms with Gasteiger partial charge < -0.3 is 4.55 Å². The van der Waals surface area contributed by atoms with Crippen LogP contribution < -0.4 is 4.57 Å². The first-order valence-electron chi connectivity index (χ1n) is 6.02.